The Bertz CT molecular complexity index is 1400. The molecule has 2 aliphatic carbocycles. The second-order valence-electron chi connectivity index (χ2n) is 8.76. The molecule has 5 heteroatoms. The van der Waals surface area contributed by atoms with Crippen LogP contribution in [0.1, 0.15) is 37.7 Å². The highest BCUT2D eigenvalue weighted by atomic mass is 15.0. The normalized spacial score (nSPS) is 24.2. The third-order valence-corrected chi connectivity index (χ3v) is 7.40. The Morgan fingerprint density at radius 3 is 2.53 bits per heavy atom. The molecule has 1 N–H and O–H groups in total. The number of benzene rings is 2. The molecule has 1 saturated carbocycles. The molecule has 156 valence electrons. The maximum atomic E-state index is 10.2. The minimum Gasteiger partial charge on any atom is -0.341 e. The summed E-state index contributed by atoms with van der Waals surface area (Å²) < 4.78 is 2.27. The van der Waals surface area contributed by atoms with E-state index < -0.39 is 17.3 Å². The van der Waals surface area contributed by atoms with Crippen molar-refractivity contribution in [2.24, 2.45) is 17.3 Å². The van der Waals surface area contributed by atoms with Crippen molar-refractivity contribution in [1.29, 1.82) is 21.2 Å². The van der Waals surface area contributed by atoms with Gasteiger partial charge in [-0.2, -0.15) is 15.8 Å². The number of aromatic nitrogens is 1. The van der Waals surface area contributed by atoms with Gasteiger partial charge in [-0.3, -0.25) is 0 Å². The van der Waals surface area contributed by atoms with Crippen LogP contribution in [-0.4, -0.2) is 10.3 Å². The van der Waals surface area contributed by atoms with Gasteiger partial charge in [0.1, 0.15) is 5.92 Å². The average molecular weight is 418 g/mol. The second kappa shape index (κ2) is 7.37. The minimum atomic E-state index is -1.64. The number of hydrogen-bond donors (Lipinski definition) is 1. The van der Waals surface area contributed by atoms with Crippen molar-refractivity contribution in [2.45, 2.75) is 38.6 Å². The van der Waals surface area contributed by atoms with Crippen molar-refractivity contribution in [1.82, 2.24) is 4.57 Å². The number of nitriles is 3. The monoisotopic (exact) mass is 417 g/mol. The van der Waals surface area contributed by atoms with E-state index in [1.807, 2.05) is 18.2 Å². The molecule has 3 atom stereocenters. The Labute approximate surface area is 187 Å². The molecule has 0 saturated heterocycles. The van der Waals surface area contributed by atoms with E-state index in [2.05, 4.69) is 60.0 Å². The van der Waals surface area contributed by atoms with Crippen molar-refractivity contribution < 1.29 is 0 Å². The van der Waals surface area contributed by atoms with Crippen molar-refractivity contribution in [3.8, 4) is 18.2 Å². The number of aryl methyl sites for hydroxylation is 1. The fourth-order valence-electron chi connectivity index (χ4n) is 5.99. The van der Waals surface area contributed by atoms with Crippen LogP contribution < -0.4 is 0 Å². The van der Waals surface area contributed by atoms with Crippen LogP contribution in [-0.2, 0) is 6.54 Å². The van der Waals surface area contributed by atoms with E-state index in [0.29, 0.717) is 0 Å². The van der Waals surface area contributed by atoms with Gasteiger partial charge in [-0.1, -0.05) is 30.3 Å². The van der Waals surface area contributed by atoms with Crippen LogP contribution in [0.5, 0.6) is 0 Å². The number of hydrogen-bond acceptors (Lipinski definition) is 4. The van der Waals surface area contributed by atoms with Gasteiger partial charge in [-0.05, 0) is 61.4 Å². The van der Waals surface area contributed by atoms with Gasteiger partial charge < -0.3 is 9.98 Å². The highest BCUT2D eigenvalue weighted by Crippen LogP contribution is 2.55. The molecule has 1 fully saturated rings. The Hall–Kier alpha value is -3.88. The van der Waals surface area contributed by atoms with Crippen LogP contribution >= 0.6 is 0 Å². The van der Waals surface area contributed by atoms with Gasteiger partial charge >= 0.3 is 0 Å². The van der Waals surface area contributed by atoms with Gasteiger partial charge in [0, 0.05) is 34.3 Å². The number of fused-ring (bicyclic) bond motifs is 4. The van der Waals surface area contributed by atoms with Crippen LogP contribution in [0.25, 0.3) is 21.8 Å². The van der Waals surface area contributed by atoms with Gasteiger partial charge in [-0.15, -0.1) is 0 Å². The van der Waals surface area contributed by atoms with Gasteiger partial charge in [0.2, 0.25) is 0 Å². The van der Waals surface area contributed by atoms with E-state index >= 15 is 0 Å². The molecule has 1 heterocycles. The molecule has 0 spiro atoms. The molecule has 0 radical (unpaired) electrons. The van der Waals surface area contributed by atoms with E-state index in [9.17, 15) is 15.8 Å². The standard InChI is InChI=1S/C27H23N5/c1-2-32-23-10-6-5-8-19(23)21-13-17(11-12-24(21)32)25-20-9-4-3-7-18(20)22(14-28)26(31)27(25,15-29)16-30/h5-8,10-13,20,22,25,31H,2-4,9H2,1H3/t20-,22-,25+/m0/s1. The zero-order valence-electron chi connectivity index (χ0n) is 18.0. The lowest BCUT2D eigenvalue weighted by Crippen LogP contribution is -2.48. The summed E-state index contributed by atoms with van der Waals surface area (Å²) in [6, 6.07) is 21.1. The van der Waals surface area contributed by atoms with Crippen molar-refractivity contribution in [3.05, 3.63) is 59.7 Å². The summed E-state index contributed by atoms with van der Waals surface area (Å²) in [5, 5.41) is 41.3. The fraction of sp³-hybridized carbons (Fsp3) is 0.333. The summed E-state index contributed by atoms with van der Waals surface area (Å²) in [7, 11) is 0. The van der Waals surface area contributed by atoms with Crippen molar-refractivity contribution in [2.75, 3.05) is 0 Å². The molecular weight excluding hydrogens is 394 g/mol. The molecule has 0 unspecified atom stereocenters. The molecule has 1 aromatic heterocycles. The van der Waals surface area contributed by atoms with E-state index in [0.717, 1.165) is 58.7 Å². The molecule has 0 bridgehead atoms. The number of rotatable bonds is 2. The Kier molecular flexibility index (Phi) is 4.61. The van der Waals surface area contributed by atoms with Gasteiger partial charge in [0.05, 0.1) is 23.9 Å². The first-order chi connectivity index (χ1) is 15.6. The number of para-hydroxylation sites is 1. The first-order valence-corrected chi connectivity index (χ1v) is 11.1. The molecule has 5 rings (SSSR count). The maximum absolute atomic E-state index is 10.2. The van der Waals surface area contributed by atoms with Crippen LogP contribution in [0.15, 0.2) is 54.1 Å². The van der Waals surface area contributed by atoms with Crippen LogP contribution in [0, 0.1) is 56.7 Å². The number of allylic oxidation sites excluding steroid dienone is 2. The van der Waals surface area contributed by atoms with Crippen molar-refractivity contribution in [3.63, 3.8) is 0 Å². The number of nitrogens with one attached hydrogen (secondary N) is 1. The molecule has 5 nitrogen and oxygen atoms in total. The van der Waals surface area contributed by atoms with E-state index in [1.54, 1.807) is 0 Å². The lowest BCUT2D eigenvalue weighted by molar-refractivity contribution is 0.320. The zero-order chi connectivity index (χ0) is 22.5. The first kappa shape index (κ1) is 20.0. The summed E-state index contributed by atoms with van der Waals surface area (Å²) in [6.07, 6.45) is 4.73. The highest BCUT2D eigenvalue weighted by molar-refractivity contribution is 6.08. The second-order valence-corrected chi connectivity index (χ2v) is 8.76. The average Bonchev–Trinajstić information content (AvgIpc) is 3.16. The molecule has 0 amide bonds. The van der Waals surface area contributed by atoms with Crippen molar-refractivity contribution >= 4 is 27.5 Å². The van der Waals surface area contributed by atoms with E-state index in [-0.39, 0.29) is 11.6 Å². The lowest BCUT2D eigenvalue weighted by Gasteiger charge is -2.45. The molecular formula is C27H23N5. The SMILES string of the molecule is CCn1c2ccccc2c2cc([C@@H]3[C@H]4CCCC=C4[C@H](C#N)C(=N)C3(C#N)C#N)ccc21. The smallest absolute Gasteiger partial charge is 0.189 e. The Balaban J connectivity index is 1.79. The molecule has 3 aromatic rings. The first-order valence-electron chi connectivity index (χ1n) is 11.1. The quantitative estimate of drug-likeness (QED) is 0.531. The molecule has 32 heavy (non-hydrogen) atoms. The largest absolute Gasteiger partial charge is 0.341 e. The molecule has 0 aliphatic heterocycles. The van der Waals surface area contributed by atoms with E-state index in [4.69, 9.17) is 5.41 Å². The lowest BCUT2D eigenvalue weighted by atomic mass is 9.53. The third kappa shape index (κ3) is 2.50. The molecule has 2 aliphatic rings. The maximum Gasteiger partial charge on any atom is 0.189 e. The summed E-state index contributed by atoms with van der Waals surface area (Å²) in [4.78, 5) is 0. The third-order valence-electron chi connectivity index (χ3n) is 7.40. The summed E-state index contributed by atoms with van der Waals surface area (Å²) in [5.74, 6) is -1.34. The van der Waals surface area contributed by atoms with E-state index in [1.165, 1.54) is 0 Å². The Morgan fingerprint density at radius 2 is 1.81 bits per heavy atom. The minimum absolute atomic E-state index is 0.0736. The fourth-order valence-corrected chi connectivity index (χ4v) is 5.99. The molecule has 2 aromatic carbocycles. The van der Waals surface area contributed by atoms with Gasteiger partial charge in [0.25, 0.3) is 0 Å². The van der Waals surface area contributed by atoms with Gasteiger partial charge in [-0.25, -0.2) is 0 Å². The topological polar surface area (TPSA) is 100 Å². The van der Waals surface area contributed by atoms with Crippen LogP contribution in [0.2, 0.25) is 0 Å². The predicted octanol–water partition coefficient (Wildman–Crippen LogP) is 5.83. The highest BCUT2D eigenvalue weighted by Gasteiger charge is 2.57. The zero-order valence-corrected chi connectivity index (χ0v) is 18.0. The predicted molar refractivity (Wildman–Crippen MR) is 124 cm³/mol. The van der Waals surface area contributed by atoms with Crippen LogP contribution in [0.4, 0.5) is 0 Å². The summed E-state index contributed by atoms with van der Waals surface area (Å²) in [6.45, 7) is 2.97. The Morgan fingerprint density at radius 1 is 1.06 bits per heavy atom. The number of nitrogens with zero attached hydrogens (tertiary/aromatic N) is 4. The van der Waals surface area contributed by atoms with Crippen LogP contribution in [0.3, 0.4) is 0 Å². The summed E-state index contributed by atoms with van der Waals surface area (Å²) in [5.41, 5.74) is 2.39. The summed E-state index contributed by atoms with van der Waals surface area (Å²) >= 11 is 0. The van der Waals surface area contributed by atoms with Gasteiger partial charge in [0.15, 0.2) is 5.41 Å².